The molecule has 2 aliphatic heterocycles. The minimum absolute atomic E-state index is 0.294. The second-order valence-corrected chi connectivity index (χ2v) is 5.66. The Labute approximate surface area is 104 Å². The molecule has 2 rings (SSSR count). The average molecular weight is 239 g/mol. The van der Waals surface area contributed by atoms with Crippen LogP contribution in [0.1, 0.15) is 25.7 Å². The largest absolute Gasteiger partial charge is 0.344 e. The molecule has 2 aliphatic rings. The highest BCUT2D eigenvalue weighted by molar-refractivity contribution is 5.76. The lowest BCUT2D eigenvalue weighted by atomic mass is 9.96. The normalized spacial score (nSPS) is 28.7. The number of hydrogen-bond acceptors (Lipinski definition) is 3. The Hall–Kier alpha value is -0.610. The predicted octanol–water partition coefficient (Wildman–Crippen LogP) is 0.539. The van der Waals surface area contributed by atoms with Crippen LogP contribution in [0.4, 0.5) is 0 Å². The van der Waals surface area contributed by atoms with Crippen LogP contribution in [0.2, 0.25) is 0 Å². The summed E-state index contributed by atoms with van der Waals surface area (Å²) in [6.45, 7) is 4.47. The monoisotopic (exact) mass is 239 g/mol. The predicted molar refractivity (Wildman–Crippen MR) is 68.9 cm³/mol. The Morgan fingerprint density at radius 1 is 1.24 bits per heavy atom. The molecule has 1 N–H and O–H groups in total. The van der Waals surface area contributed by atoms with Crippen LogP contribution in [0.25, 0.3) is 0 Å². The molecule has 0 radical (unpaired) electrons. The van der Waals surface area contributed by atoms with E-state index in [1.54, 1.807) is 0 Å². The van der Waals surface area contributed by atoms with Crippen LogP contribution in [-0.2, 0) is 4.79 Å². The molecule has 0 spiro atoms. The third-order valence-electron chi connectivity index (χ3n) is 4.16. The molecule has 98 valence electrons. The fraction of sp³-hybridized carbons (Fsp3) is 0.923. The number of carbonyl (C=O) groups is 1. The molecule has 0 aromatic heterocycles. The van der Waals surface area contributed by atoms with Gasteiger partial charge in [-0.1, -0.05) is 0 Å². The first-order valence-electron chi connectivity index (χ1n) is 6.81. The van der Waals surface area contributed by atoms with E-state index in [0.717, 1.165) is 25.4 Å². The van der Waals surface area contributed by atoms with Gasteiger partial charge in [0.2, 0.25) is 5.91 Å². The highest BCUT2D eigenvalue weighted by Crippen LogP contribution is 2.16. The Balaban J connectivity index is 1.66. The summed E-state index contributed by atoms with van der Waals surface area (Å²) >= 11 is 0. The SMILES string of the molecule is CN1CCC(CNC2CCC(=O)N(C)C2)CC1. The van der Waals surface area contributed by atoms with Gasteiger partial charge in [-0.25, -0.2) is 0 Å². The van der Waals surface area contributed by atoms with Crippen LogP contribution in [0, 0.1) is 5.92 Å². The number of nitrogens with zero attached hydrogens (tertiary/aromatic N) is 2. The van der Waals surface area contributed by atoms with Crippen molar-refractivity contribution in [1.82, 2.24) is 15.1 Å². The highest BCUT2D eigenvalue weighted by Gasteiger charge is 2.24. The van der Waals surface area contributed by atoms with E-state index >= 15 is 0 Å². The molecule has 2 heterocycles. The van der Waals surface area contributed by atoms with E-state index in [1.807, 2.05) is 11.9 Å². The first-order valence-corrected chi connectivity index (χ1v) is 6.81. The van der Waals surface area contributed by atoms with Crippen molar-refractivity contribution < 1.29 is 4.79 Å². The summed E-state index contributed by atoms with van der Waals surface area (Å²) in [5.41, 5.74) is 0. The van der Waals surface area contributed by atoms with Gasteiger partial charge in [0.05, 0.1) is 0 Å². The van der Waals surface area contributed by atoms with E-state index in [0.29, 0.717) is 18.4 Å². The lowest BCUT2D eigenvalue weighted by Gasteiger charge is -2.33. The van der Waals surface area contributed by atoms with E-state index < -0.39 is 0 Å². The van der Waals surface area contributed by atoms with Gasteiger partial charge in [-0.15, -0.1) is 0 Å². The third-order valence-corrected chi connectivity index (χ3v) is 4.16. The zero-order valence-electron chi connectivity index (χ0n) is 11.1. The molecule has 0 saturated carbocycles. The summed E-state index contributed by atoms with van der Waals surface area (Å²) in [7, 11) is 4.11. The average Bonchev–Trinajstić information content (AvgIpc) is 2.33. The van der Waals surface area contributed by atoms with Crippen molar-refractivity contribution in [3.05, 3.63) is 0 Å². The standard InChI is InChI=1S/C13H25N3O/c1-15-7-5-11(6-8-15)9-14-12-3-4-13(17)16(2)10-12/h11-12,14H,3-10H2,1-2H3. The molecule has 4 nitrogen and oxygen atoms in total. The topological polar surface area (TPSA) is 35.6 Å². The van der Waals surface area contributed by atoms with Gasteiger partial charge >= 0.3 is 0 Å². The van der Waals surface area contributed by atoms with Crippen LogP contribution in [0.5, 0.6) is 0 Å². The van der Waals surface area contributed by atoms with Gasteiger partial charge in [-0.3, -0.25) is 4.79 Å². The van der Waals surface area contributed by atoms with E-state index in [-0.39, 0.29) is 0 Å². The smallest absolute Gasteiger partial charge is 0.222 e. The Morgan fingerprint density at radius 3 is 2.59 bits per heavy atom. The molecule has 17 heavy (non-hydrogen) atoms. The van der Waals surface area contributed by atoms with Crippen LogP contribution in [0.3, 0.4) is 0 Å². The van der Waals surface area contributed by atoms with Crippen molar-refractivity contribution in [2.75, 3.05) is 40.3 Å². The zero-order valence-corrected chi connectivity index (χ0v) is 11.1. The van der Waals surface area contributed by atoms with Gasteiger partial charge < -0.3 is 15.1 Å². The van der Waals surface area contributed by atoms with Crippen molar-refractivity contribution in [1.29, 1.82) is 0 Å². The molecule has 1 atom stereocenters. The van der Waals surface area contributed by atoms with Gasteiger partial charge in [0.25, 0.3) is 0 Å². The van der Waals surface area contributed by atoms with Gasteiger partial charge in [-0.05, 0) is 51.9 Å². The number of likely N-dealkylation sites (N-methyl/N-ethyl adjacent to an activating group) is 1. The van der Waals surface area contributed by atoms with E-state index in [9.17, 15) is 4.79 Å². The second kappa shape index (κ2) is 5.83. The number of nitrogens with one attached hydrogen (secondary N) is 1. The van der Waals surface area contributed by atoms with Gasteiger partial charge in [0.1, 0.15) is 0 Å². The summed E-state index contributed by atoms with van der Waals surface area (Å²) in [6.07, 6.45) is 4.34. The summed E-state index contributed by atoms with van der Waals surface area (Å²) < 4.78 is 0. The molecule has 0 aliphatic carbocycles. The van der Waals surface area contributed by atoms with Crippen molar-refractivity contribution in [2.45, 2.75) is 31.7 Å². The number of likely N-dealkylation sites (tertiary alicyclic amines) is 2. The maximum Gasteiger partial charge on any atom is 0.222 e. The van der Waals surface area contributed by atoms with E-state index in [2.05, 4.69) is 17.3 Å². The van der Waals surface area contributed by atoms with Gasteiger partial charge in [0.15, 0.2) is 0 Å². The lowest BCUT2D eigenvalue weighted by molar-refractivity contribution is -0.132. The quantitative estimate of drug-likeness (QED) is 0.781. The van der Waals surface area contributed by atoms with Gasteiger partial charge in [-0.2, -0.15) is 0 Å². The molecule has 0 aromatic carbocycles. The third kappa shape index (κ3) is 3.68. The van der Waals surface area contributed by atoms with Crippen LogP contribution >= 0.6 is 0 Å². The summed E-state index contributed by atoms with van der Waals surface area (Å²) in [5.74, 6) is 1.12. The lowest BCUT2D eigenvalue weighted by Crippen LogP contribution is -2.48. The minimum Gasteiger partial charge on any atom is -0.344 e. The fourth-order valence-electron chi connectivity index (χ4n) is 2.78. The summed E-state index contributed by atoms with van der Waals surface area (Å²) in [4.78, 5) is 15.6. The maximum absolute atomic E-state index is 11.4. The summed E-state index contributed by atoms with van der Waals surface area (Å²) in [6, 6.07) is 0.511. The van der Waals surface area contributed by atoms with Crippen molar-refractivity contribution in [3.63, 3.8) is 0 Å². The zero-order chi connectivity index (χ0) is 12.3. The molecular weight excluding hydrogens is 214 g/mol. The minimum atomic E-state index is 0.294. The van der Waals surface area contributed by atoms with Gasteiger partial charge in [0, 0.05) is 26.1 Å². The van der Waals surface area contributed by atoms with Crippen molar-refractivity contribution in [2.24, 2.45) is 5.92 Å². The maximum atomic E-state index is 11.4. The number of rotatable bonds is 3. The molecule has 0 aromatic rings. The second-order valence-electron chi connectivity index (χ2n) is 5.66. The molecule has 2 fully saturated rings. The molecule has 1 unspecified atom stereocenters. The molecular formula is C13H25N3O. The molecule has 0 bridgehead atoms. The molecule has 2 saturated heterocycles. The Bertz CT molecular complexity index is 261. The van der Waals surface area contributed by atoms with Crippen LogP contribution in [0.15, 0.2) is 0 Å². The highest BCUT2D eigenvalue weighted by atomic mass is 16.2. The number of amides is 1. The molecule has 1 amide bonds. The molecule has 4 heteroatoms. The van der Waals surface area contributed by atoms with E-state index in [4.69, 9.17) is 0 Å². The summed E-state index contributed by atoms with van der Waals surface area (Å²) in [5, 5.41) is 3.64. The van der Waals surface area contributed by atoms with Crippen LogP contribution < -0.4 is 5.32 Å². The Kier molecular flexibility index (Phi) is 4.40. The first-order chi connectivity index (χ1) is 8.15. The number of hydrogen-bond donors (Lipinski definition) is 1. The number of carbonyl (C=O) groups excluding carboxylic acids is 1. The fourth-order valence-corrected chi connectivity index (χ4v) is 2.78. The van der Waals surface area contributed by atoms with E-state index in [1.165, 1.54) is 25.9 Å². The Morgan fingerprint density at radius 2 is 1.94 bits per heavy atom. The van der Waals surface area contributed by atoms with Crippen molar-refractivity contribution in [3.8, 4) is 0 Å². The number of piperidine rings is 2. The first kappa shape index (κ1) is 12.8. The van der Waals surface area contributed by atoms with Crippen LogP contribution in [-0.4, -0.2) is 62.0 Å². The van der Waals surface area contributed by atoms with Crippen molar-refractivity contribution >= 4 is 5.91 Å².